The van der Waals surface area contributed by atoms with E-state index in [9.17, 15) is 9.59 Å². The van der Waals surface area contributed by atoms with Gasteiger partial charge in [0.25, 0.3) is 0 Å². The van der Waals surface area contributed by atoms with Crippen LogP contribution >= 0.6 is 0 Å². The first kappa shape index (κ1) is 13.6. The van der Waals surface area contributed by atoms with Gasteiger partial charge in [-0.15, -0.1) is 0 Å². The molecule has 1 aliphatic rings. The fraction of sp³-hybridized carbons (Fsp3) is 0.467. The summed E-state index contributed by atoms with van der Waals surface area (Å²) in [5.41, 5.74) is 0.742. The molecule has 0 aliphatic carbocycles. The Morgan fingerprint density at radius 2 is 1.95 bits per heavy atom. The molecule has 19 heavy (non-hydrogen) atoms. The molecule has 1 heterocycles. The lowest BCUT2D eigenvalue weighted by Crippen LogP contribution is -2.47. The Labute approximate surface area is 114 Å². The number of para-hydroxylation sites is 1. The molecule has 1 atom stereocenters. The average molecular weight is 260 g/mol. The first-order valence-corrected chi connectivity index (χ1v) is 6.71. The van der Waals surface area contributed by atoms with Crippen molar-refractivity contribution in [3.05, 3.63) is 30.3 Å². The lowest BCUT2D eigenvalue weighted by Gasteiger charge is -2.31. The fourth-order valence-corrected chi connectivity index (χ4v) is 2.42. The zero-order valence-corrected chi connectivity index (χ0v) is 11.5. The lowest BCUT2D eigenvalue weighted by molar-refractivity contribution is -0.145. The topological polar surface area (TPSA) is 40.6 Å². The van der Waals surface area contributed by atoms with Crippen LogP contribution in [0.25, 0.3) is 0 Å². The van der Waals surface area contributed by atoms with Gasteiger partial charge in [-0.05, 0) is 30.9 Å². The maximum Gasteiger partial charge on any atom is 0.316 e. The van der Waals surface area contributed by atoms with Crippen molar-refractivity contribution >= 4 is 17.5 Å². The molecule has 4 nitrogen and oxygen atoms in total. The standard InChI is InChI=1S/C15H20N2O2/c1-12-7-6-10-17(11-12)15(19)14(18)16(2)13-8-4-3-5-9-13/h3-5,8-9,12H,6-7,10-11H2,1-2H3. The number of hydrogen-bond donors (Lipinski definition) is 0. The molecule has 0 radical (unpaired) electrons. The molecule has 0 bridgehead atoms. The number of carbonyl (C=O) groups is 2. The van der Waals surface area contributed by atoms with Crippen LogP contribution in [0.3, 0.4) is 0 Å². The molecular weight excluding hydrogens is 240 g/mol. The van der Waals surface area contributed by atoms with Crippen molar-refractivity contribution in [1.29, 1.82) is 0 Å². The number of anilines is 1. The highest BCUT2D eigenvalue weighted by Gasteiger charge is 2.28. The van der Waals surface area contributed by atoms with Gasteiger partial charge in [0.05, 0.1) is 0 Å². The lowest BCUT2D eigenvalue weighted by atomic mass is 10.0. The van der Waals surface area contributed by atoms with Crippen LogP contribution in [0, 0.1) is 5.92 Å². The molecule has 0 saturated carbocycles. The van der Waals surface area contributed by atoms with Crippen molar-refractivity contribution in [2.45, 2.75) is 19.8 Å². The maximum atomic E-state index is 12.2. The van der Waals surface area contributed by atoms with Crippen LogP contribution < -0.4 is 4.90 Å². The van der Waals surface area contributed by atoms with Crippen LogP contribution in [0.2, 0.25) is 0 Å². The van der Waals surface area contributed by atoms with Crippen molar-refractivity contribution in [3.8, 4) is 0 Å². The van der Waals surface area contributed by atoms with E-state index < -0.39 is 11.8 Å². The highest BCUT2D eigenvalue weighted by molar-refractivity contribution is 6.40. The Morgan fingerprint density at radius 1 is 1.26 bits per heavy atom. The Balaban J connectivity index is 2.05. The average Bonchev–Trinajstić information content (AvgIpc) is 2.46. The van der Waals surface area contributed by atoms with E-state index in [1.807, 2.05) is 30.3 Å². The minimum absolute atomic E-state index is 0.391. The smallest absolute Gasteiger partial charge is 0.316 e. The number of likely N-dealkylation sites (tertiary alicyclic amines) is 1. The molecule has 1 saturated heterocycles. The molecule has 0 N–H and O–H groups in total. The SMILES string of the molecule is CC1CCCN(C(=O)C(=O)N(C)c2ccccc2)C1. The maximum absolute atomic E-state index is 12.2. The summed E-state index contributed by atoms with van der Waals surface area (Å²) in [4.78, 5) is 27.5. The van der Waals surface area contributed by atoms with Crippen molar-refractivity contribution < 1.29 is 9.59 Å². The first-order chi connectivity index (χ1) is 9.09. The summed E-state index contributed by atoms with van der Waals surface area (Å²) in [6.45, 7) is 3.50. The van der Waals surface area contributed by atoms with Crippen LogP contribution in [0.5, 0.6) is 0 Å². The van der Waals surface area contributed by atoms with E-state index in [2.05, 4.69) is 6.92 Å². The van der Waals surface area contributed by atoms with E-state index in [0.717, 1.165) is 18.5 Å². The third kappa shape index (κ3) is 3.13. The highest BCUT2D eigenvalue weighted by Crippen LogP contribution is 2.17. The van der Waals surface area contributed by atoms with E-state index in [1.165, 1.54) is 4.90 Å². The molecule has 1 aromatic carbocycles. The van der Waals surface area contributed by atoms with E-state index in [0.29, 0.717) is 19.0 Å². The van der Waals surface area contributed by atoms with Gasteiger partial charge in [0.1, 0.15) is 0 Å². The molecule has 0 spiro atoms. The Kier molecular flexibility index (Phi) is 4.20. The predicted octanol–water partition coefficient (Wildman–Crippen LogP) is 1.91. The predicted molar refractivity (Wildman–Crippen MR) is 74.8 cm³/mol. The van der Waals surface area contributed by atoms with Crippen molar-refractivity contribution in [2.24, 2.45) is 5.92 Å². The van der Waals surface area contributed by atoms with Gasteiger partial charge < -0.3 is 9.80 Å². The van der Waals surface area contributed by atoms with Crippen molar-refractivity contribution in [1.82, 2.24) is 4.90 Å². The van der Waals surface area contributed by atoms with Crippen LogP contribution in [0.1, 0.15) is 19.8 Å². The van der Waals surface area contributed by atoms with Gasteiger partial charge in [0.15, 0.2) is 0 Å². The van der Waals surface area contributed by atoms with Gasteiger partial charge in [0, 0.05) is 25.8 Å². The second-order valence-corrected chi connectivity index (χ2v) is 5.20. The second-order valence-electron chi connectivity index (χ2n) is 5.20. The minimum Gasteiger partial charge on any atom is -0.334 e. The highest BCUT2D eigenvalue weighted by atomic mass is 16.2. The fourth-order valence-electron chi connectivity index (χ4n) is 2.42. The van der Waals surface area contributed by atoms with E-state index >= 15 is 0 Å². The Hall–Kier alpha value is -1.84. The number of rotatable bonds is 1. The number of piperidine rings is 1. The number of hydrogen-bond acceptors (Lipinski definition) is 2. The summed E-state index contributed by atoms with van der Waals surface area (Å²) in [5, 5.41) is 0. The van der Waals surface area contributed by atoms with Gasteiger partial charge in [-0.1, -0.05) is 25.1 Å². The quantitative estimate of drug-likeness (QED) is 0.724. The number of nitrogens with zero attached hydrogens (tertiary/aromatic N) is 2. The summed E-state index contributed by atoms with van der Waals surface area (Å²) in [7, 11) is 1.64. The van der Waals surface area contributed by atoms with Crippen molar-refractivity contribution in [2.75, 3.05) is 25.0 Å². The van der Waals surface area contributed by atoms with Crippen LogP contribution in [0.15, 0.2) is 30.3 Å². The van der Waals surface area contributed by atoms with Crippen molar-refractivity contribution in [3.63, 3.8) is 0 Å². The van der Waals surface area contributed by atoms with Gasteiger partial charge in [-0.2, -0.15) is 0 Å². The number of likely N-dealkylation sites (N-methyl/N-ethyl adjacent to an activating group) is 1. The summed E-state index contributed by atoms with van der Waals surface area (Å²) >= 11 is 0. The van der Waals surface area contributed by atoms with E-state index in [4.69, 9.17) is 0 Å². The number of carbonyl (C=O) groups excluding carboxylic acids is 2. The van der Waals surface area contributed by atoms with Gasteiger partial charge in [-0.25, -0.2) is 0 Å². The summed E-state index contributed by atoms with van der Waals surface area (Å²) < 4.78 is 0. The molecule has 0 aromatic heterocycles. The largest absolute Gasteiger partial charge is 0.334 e. The molecule has 1 aliphatic heterocycles. The normalized spacial score (nSPS) is 19.1. The molecule has 4 heteroatoms. The van der Waals surface area contributed by atoms with Gasteiger partial charge in [0.2, 0.25) is 0 Å². The first-order valence-electron chi connectivity index (χ1n) is 6.71. The monoisotopic (exact) mass is 260 g/mol. The van der Waals surface area contributed by atoms with E-state index in [-0.39, 0.29) is 0 Å². The van der Waals surface area contributed by atoms with Gasteiger partial charge >= 0.3 is 11.8 Å². The second kappa shape index (κ2) is 5.87. The van der Waals surface area contributed by atoms with Gasteiger partial charge in [-0.3, -0.25) is 9.59 Å². The summed E-state index contributed by atoms with van der Waals surface area (Å²) in [5.74, 6) is -0.370. The molecule has 1 aromatic rings. The zero-order valence-electron chi connectivity index (χ0n) is 11.5. The Bertz CT molecular complexity index is 458. The number of amides is 2. The minimum atomic E-state index is -0.458. The molecule has 102 valence electrons. The molecule has 1 fully saturated rings. The molecule has 2 amide bonds. The molecule has 1 unspecified atom stereocenters. The van der Waals surface area contributed by atoms with E-state index in [1.54, 1.807) is 11.9 Å². The third-order valence-electron chi connectivity index (χ3n) is 3.58. The number of benzene rings is 1. The molecular formula is C15H20N2O2. The van der Waals surface area contributed by atoms with Crippen LogP contribution in [-0.4, -0.2) is 36.9 Å². The Morgan fingerprint density at radius 3 is 2.58 bits per heavy atom. The summed E-state index contributed by atoms with van der Waals surface area (Å²) in [6, 6.07) is 9.24. The molecule has 2 rings (SSSR count). The third-order valence-corrected chi connectivity index (χ3v) is 3.58. The summed E-state index contributed by atoms with van der Waals surface area (Å²) in [6.07, 6.45) is 2.11. The van der Waals surface area contributed by atoms with Crippen LogP contribution in [-0.2, 0) is 9.59 Å². The van der Waals surface area contributed by atoms with Crippen LogP contribution in [0.4, 0.5) is 5.69 Å². The zero-order chi connectivity index (χ0) is 13.8.